The average Bonchev–Trinajstić information content (AvgIpc) is 3.33. The van der Waals surface area contributed by atoms with Gasteiger partial charge in [-0.3, -0.25) is 9.00 Å². The summed E-state index contributed by atoms with van der Waals surface area (Å²) >= 11 is 0. The second-order valence-electron chi connectivity index (χ2n) is 8.31. The van der Waals surface area contributed by atoms with Crippen molar-refractivity contribution in [3.8, 4) is 0 Å². The number of carbonyl (C=O) groups is 1. The van der Waals surface area contributed by atoms with Crippen molar-refractivity contribution >= 4 is 16.6 Å². The fourth-order valence-electron chi connectivity index (χ4n) is 4.42. The van der Waals surface area contributed by atoms with Gasteiger partial charge in [-0.2, -0.15) is 0 Å². The number of rotatable bonds is 7. The molecule has 6 heteroatoms. The highest BCUT2D eigenvalue weighted by molar-refractivity contribution is 7.85. The Morgan fingerprint density at radius 1 is 1.36 bits per heavy atom. The van der Waals surface area contributed by atoms with E-state index in [-0.39, 0.29) is 30.5 Å². The number of hydrogen-bond acceptors (Lipinski definition) is 5. The van der Waals surface area contributed by atoms with E-state index in [4.69, 9.17) is 9.47 Å². The minimum absolute atomic E-state index is 0.0274. The lowest BCUT2D eigenvalue weighted by atomic mass is 9.67. The molecule has 1 aromatic rings. The normalized spacial score (nSPS) is 36.0. The molecule has 5 nitrogen and oxygen atoms in total. The van der Waals surface area contributed by atoms with Crippen LogP contribution in [0, 0.1) is 5.92 Å². The van der Waals surface area contributed by atoms with Crippen LogP contribution in [0.5, 0.6) is 0 Å². The molecule has 3 rings (SSSR count). The third-order valence-electron chi connectivity index (χ3n) is 5.98. The summed E-state index contributed by atoms with van der Waals surface area (Å²) in [4.78, 5) is 13.2. The second kappa shape index (κ2) is 8.19. The molecule has 0 spiro atoms. The molecule has 1 aliphatic heterocycles. The molecule has 1 aliphatic carbocycles. The SMILES string of the molecule is CO[C@@H]1C(=O)CC[C@](O)(CS(=O)c2ccccc2)[C@H]1[C@@]1(C)O[C@@H]1CC=C(C)C. The first-order valence-corrected chi connectivity index (χ1v) is 11.1. The van der Waals surface area contributed by atoms with E-state index in [9.17, 15) is 14.1 Å². The Kier molecular flexibility index (Phi) is 6.25. The van der Waals surface area contributed by atoms with Gasteiger partial charge in [0.2, 0.25) is 0 Å². The fourth-order valence-corrected chi connectivity index (χ4v) is 5.83. The number of Topliss-reactive ketones (excluding diaryl/α,β-unsaturated/α-hetero) is 1. The summed E-state index contributed by atoms with van der Waals surface area (Å²) in [6.45, 7) is 5.99. The second-order valence-corrected chi connectivity index (χ2v) is 9.77. The number of methoxy groups -OCH3 is 1. The van der Waals surface area contributed by atoms with Crippen LogP contribution in [0.2, 0.25) is 0 Å². The van der Waals surface area contributed by atoms with Crippen molar-refractivity contribution in [2.75, 3.05) is 12.9 Å². The van der Waals surface area contributed by atoms with Gasteiger partial charge >= 0.3 is 0 Å². The number of benzene rings is 1. The van der Waals surface area contributed by atoms with Gasteiger partial charge in [0.1, 0.15) is 11.7 Å². The Balaban J connectivity index is 1.88. The Hall–Kier alpha value is -1.34. The summed E-state index contributed by atoms with van der Waals surface area (Å²) < 4.78 is 24.5. The van der Waals surface area contributed by atoms with Gasteiger partial charge in [-0.25, -0.2) is 0 Å². The Morgan fingerprint density at radius 2 is 2.04 bits per heavy atom. The van der Waals surface area contributed by atoms with Crippen molar-refractivity contribution in [1.29, 1.82) is 0 Å². The Labute approximate surface area is 169 Å². The van der Waals surface area contributed by atoms with Crippen LogP contribution >= 0.6 is 0 Å². The van der Waals surface area contributed by atoms with E-state index in [0.29, 0.717) is 4.90 Å². The molecule has 1 saturated heterocycles. The van der Waals surface area contributed by atoms with E-state index in [2.05, 4.69) is 6.08 Å². The van der Waals surface area contributed by atoms with E-state index in [0.717, 1.165) is 6.42 Å². The highest BCUT2D eigenvalue weighted by Crippen LogP contribution is 2.54. The number of carbonyl (C=O) groups excluding carboxylic acids is 1. The van der Waals surface area contributed by atoms with Crippen molar-refractivity contribution in [2.45, 2.75) is 68.3 Å². The van der Waals surface area contributed by atoms with Gasteiger partial charge in [-0.1, -0.05) is 29.8 Å². The van der Waals surface area contributed by atoms with Crippen molar-refractivity contribution < 1.29 is 23.6 Å². The third-order valence-corrected chi connectivity index (χ3v) is 7.54. The molecule has 0 aromatic heterocycles. The Morgan fingerprint density at radius 3 is 2.64 bits per heavy atom. The fraction of sp³-hybridized carbons (Fsp3) is 0.591. The number of ether oxygens (including phenoxy) is 2. The molecule has 1 saturated carbocycles. The van der Waals surface area contributed by atoms with Crippen molar-refractivity contribution in [3.63, 3.8) is 0 Å². The highest BCUT2D eigenvalue weighted by atomic mass is 32.2. The van der Waals surface area contributed by atoms with Crippen LogP contribution in [0.25, 0.3) is 0 Å². The van der Waals surface area contributed by atoms with E-state index in [1.54, 1.807) is 12.1 Å². The van der Waals surface area contributed by atoms with Crippen LogP contribution in [-0.4, -0.2) is 51.4 Å². The molecular weight excluding hydrogens is 376 g/mol. The topological polar surface area (TPSA) is 76.1 Å². The molecule has 2 fully saturated rings. The standard InChI is InChI=1S/C22H30O5S/c1-15(2)10-11-18-21(3,27-18)20-19(26-4)17(23)12-13-22(20,24)14-28(25)16-8-6-5-7-9-16/h5-10,18-20,24H,11-14H2,1-4H3/t18-,19-,20-,21+,22+,28?/m1/s1. The van der Waals surface area contributed by atoms with Crippen LogP contribution in [0.3, 0.4) is 0 Å². The lowest BCUT2D eigenvalue weighted by molar-refractivity contribution is -0.159. The van der Waals surface area contributed by atoms with Crippen LogP contribution < -0.4 is 0 Å². The van der Waals surface area contributed by atoms with E-state index < -0.39 is 34.0 Å². The zero-order valence-corrected chi connectivity index (χ0v) is 17.8. The van der Waals surface area contributed by atoms with E-state index in [1.807, 2.05) is 39.0 Å². The van der Waals surface area contributed by atoms with Crippen LogP contribution in [0.1, 0.15) is 40.0 Å². The van der Waals surface area contributed by atoms with Gasteiger partial charge in [0.15, 0.2) is 5.78 Å². The lowest BCUT2D eigenvalue weighted by Gasteiger charge is -2.45. The van der Waals surface area contributed by atoms with Gasteiger partial charge in [0.25, 0.3) is 0 Å². The van der Waals surface area contributed by atoms with Gasteiger partial charge in [-0.05, 0) is 45.7 Å². The summed E-state index contributed by atoms with van der Waals surface area (Å²) in [7, 11) is 0.110. The van der Waals surface area contributed by atoms with Gasteiger partial charge in [-0.15, -0.1) is 0 Å². The summed E-state index contributed by atoms with van der Waals surface area (Å²) in [5.74, 6) is -0.529. The number of aliphatic hydroxyl groups is 1. The van der Waals surface area contributed by atoms with Crippen molar-refractivity contribution in [3.05, 3.63) is 42.0 Å². The number of hydrogen-bond donors (Lipinski definition) is 1. The quantitative estimate of drug-likeness (QED) is 0.556. The molecule has 154 valence electrons. The van der Waals surface area contributed by atoms with Gasteiger partial charge < -0.3 is 14.6 Å². The largest absolute Gasteiger partial charge is 0.388 e. The monoisotopic (exact) mass is 406 g/mol. The highest BCUT2D eigenvalue weighted by Gasteiger charge is 2.67. The molecule has 0 amide bonds. The zero-order valence-electron chi connectivity index (χ0n) is 17.0. The number of ketones is 1. The van der Waals surface area contributed by atoms with E-state index >= 15 is 0 Å². The van der Waals surface area contributed by atoms with Gasteiger partial charge in [0.05, 0.1) is 34.2 Å². The average molecular weight is 407 g/mol. The maximum Gasteiger partial charge on any atom is 0.162 e. The maximum absolute atomic E-state index is 13.0. The predicted octanol–water partition coefficient (Wildman–Crippen LogP) is 3.03. The van der Waals surface area contributed by atoms with Crippen LogP contribution in [-0.2, 0) is 25.1 Å². The van der Waals surface area contributed by atoms with Gasteiger partial charge in [0, 0.05) is 18.4 Å². The summed E-state index contributed by atoms with van der Waals surface area (Å²) in [6.07, 6.45) is 2.46. The minimum Gasteiger partial charge on any atom is -0.388 e. The third kappa shape index (κ3) is 4.15. The summed E-state index contributed by atoms with van der Waals surface area (Å²) in [6, 6.07) is 9.12. The smallest absolute Gasteiger partial charge is 0.162 e. The summed E-state index contributed by atoms with van der Waals surface area (Å²) in [5, 5.41) is 11.6. The molecule has 1 N–H and O–H groups in total. The molecule has 0 radical (unpaired) electrons. The zero-order chi connectivity index (χ0) is 20.5. The molecule has 6 atom stereocenters. The Bertz CT molecular complexity index is 772. The molecule has 1 heterocycles. The molecule has 2 aliphatic rings. The van der Waals surface area contributed by atoms with Crippen LogP contribution in [0.15, 0.2) is 46.9 Å². The van der Waals surface area contributed by atoms with Crippen molar-refractivity contribution in [2.24, 2.45) is 5.92 Å². The molecule has 1 aromatic carbocycles. The van der Waals surface area contributed by atoms with Crippen LogP contribution in [0.4, 0.5) is 0 Å². The minimum atomic E-state index is -1.38. The molecule has 1 unspecified atom stereocenters. The number of allylic oxidation sites excluding steroid dienone is 1. The first-order valence-electron chi connectivity index (χ1n) is 9.74. The van der Waals surface area contributed by atoms with Crippen molar-refractivity contribution in [1.82, 2.24) is 0 Å². The first kappa shape index (κ1) is 21.4. The summed E-state index contributed by atoms with van der Waals surface area (Å²) in [5.41, 5.74) is -0.788. The first-order chi connectivity index (χ1) is 13.2. The molecular formula is C22H30O5S. The van der Waals surface area contributed by atoms with E-state index in [1.165, 1.54) is 12.7 Å². The maximum atomic E-state index is 13.0. The molecule has 28 heavy (non-hydrogen) atoms. The number of epoxide rings is 1. The lowest BCUT2D eigenvalue weighted by Crippen LogP contribution is -2.60. The molecule has 0 bridgehead atoms. The predicted molar refractivity (Wildman–Crippen MR) is 109 cm³/mol.